The second kappa shape index (κ2) is 4.84. The van der Waals surface area contributed by atoms with Crippen LogP contribution in [0.3, 0.4) is 0 Å². The van der Waals surface area contributed by atoms with Gasteiger partial charge in [0.25, 0.3) is 0 Å². The zero-order valence-corrected chi connectivity index (χ0v) is 10.2. The molecular formula is C16H11N3. The molecule has 0 atom stereocenters. The van der Waals surface area contributed by atoms with Gasteiger partial charge in [0.15, 0.2) is 5.71 Å². The fourth-order valence-corrected chi connectivity index (χ4v) is 2.05. The SMILES string of the molecule is [N-]=[N+]=C1C=C(c2ccccc2)N=C1c1ccccc1. The van der Waals surface area contributed by atoms with Crippen LogP contribution in [0.1, 0.15) is 11.1 Å². The van der Waals surface area contributed by atoms with E-state index in [-0.39, 0.29) is 0 Å². The van der Waals surface area contributed by atoms with E-state index >= 15 is 0 Å². The summed E-state index contributed by atoms with van der Waals surface area (Å²) < 4.78 is 0. The Kier molecular flexibility index (Phi) is 2.89. The van der Waals surface area contributed by atoms with Crippen LogP contribution < -0.4 is 0 Å². The molecule has 0 unspecified atom stereocenters. The molecule has 3 rings (SSSR count). The van der Waals surface area contributed by atoms with Gasteiger partial charge in [-0.05, 0) is 0 Å². The highest BCUT2D eigenvalue weighted by molar-refractivity contribution is 6.53. The smallest absolute Gasteiger partial charge is 0.343 e. The van der Waals surface area contributed by atoms with Gasteiger partial charge in [0, 0.05) is 11.1 Å². The average molecular weight is 245 g/mol. The second-order valence-corrected chi connectivity index (χ2v) is 4.21. The minimum atomic E-state index is 0.491. The van der Waals surface area contributed by atoms with Crippen LogP contribution in [-0.4, -0.2) is 16.2 Å². The lowest BCUT2D eigenvalue weighted by Gasteiger charge is -1.97. The van der Waals surface area contributed by atoms with E-state index in [0.717, 1.165) is 16.8 Å². The van der Waals surface area contributed by atoms with Gasteiger partial charge in [0.1, 0.15) is 0 Å². The Morgan fingerprint density at radius 1 is 0.789 bits per heavy atom. The summed E-state index contributed by atoms with van der Waals surface area (Å²) in [4.78, 5) is 7.90. The Balaban J connectivity index is 2.07. The Morgan fingerprint density at radius 2 is 1.37 bits per heavy atom. The minimum absolute atomic E-state index is 0.491. The Labute approximate surface area is 111 Å². The predicted octanol–water partition coefficient (Wildman–Crippen LogP) is 3.20. The van der Waals surface area contributed by atoms with Crippen LogP contribution in [0.25, 0.3) is 11.2 Å². The molecule has 0 N–H and O–H groups in total. The minimum Gasteiger partial charge on any atom is -0.361 e. The van der Waals surface area contributed by atoms with Crippen LogP contribution in [0, 0.1) is 0 Å². The molecular weight excluding hydrogens is 234 g/mol. The second-order valence-electron chi connectivity index (χ2n) is 4.21. The molecule has 1 aliphatic heterocycles. The predicted molar refractivity (Wildman–Crippen MR) is 76.0 cm³/mol. The van der Waals surface area contributed by atoms with Crippen LogP contribution in [0.2, 0.25) is 0 Å². The molecule has 0 aromatic heterocycles. The van der Waals surface area contributed by atoms with Crippen molar-refractivity contribution in [3.63, 3.8) is 0 Å². The molecule has 0 saturated heterocycles. The standard InChI is InChI=1S/C16H11N3/c17-19-15-11-14(12-7-3-1-4-8-12)18-16(15)13-9-5-2-6-10-13/h1-11H. The van der Waals surface area contributed by atoms with Crippen molar-refractivity contribution in [2.24, 2.45) is 4.99 Å². The van der Waals surface area contributed by atoms with Crippen LogP contribution >= 0.6 is 0 Å². The van der Waals surface area contributed by atoms with Crippen molar-refractivity contribution in [2.45, 2.75) is 0 Å². The molecule has 0 spiro atoms. The average Bonchev–Trinajstić information content (AvgIpc) is 2.93. The molecule has 0 radical (unpaired) electrons. The van der Waals surface area contributed by atoms with Crippen molar-refractivity contribution in [2.75, 3.05) is 0 Å². The molecule has 90 valence electrons. The lowest BCUT2D eigenvalue weighted by Crippen LogP contribution is -2.10. The summed E-state index contributed by atoms with van der Waals surface area (Å²) in [7, 11) is 0. The third kappa shape index (κ3) is 2.15. The molecule has 3 nitrogen and oxygen atoms in total. The van der Waals surface area contributed by atoms with Gasteiger partial charge in [-0.2, -0.15) is 4.79 Å². The summed E-state index contributed by atoms with van der Waals surface area (Å²) in [6.45, 7) is 0. The number of rotatable bonds is 2. The molecule has 19 heavy (non-hydrogen) atoms. The van der Waals surface area contributed by atoms with E-state index in [4.69, 9.17) is 5.53 Å². The highest BCUT2D eigenvalue weighted by Crippen LogP contribution is 2.22. The topological polar surface area (TPSA) is 48.8 Å². The lowest BCUT2D eigenvalue weighted by atomic mass is 10.1. The third-order valence-corrected chi connectivity index (χ3v) is 2.97. The van der Waals surface area contributed by atoms with Gasteiger partial charge >= 0.3 is 5.71 Å². The van der Waals surface area contributed by atoms with Crippen molar-refractivity contribution in [1.29, 1.82) is 0 Å². The van der Waals surface area contributed by atoms with Gasteiger partial charge in [-0.1, -0.05) is 60.7 Å². The maximum atomic E-state index is 9.12. The van der Waals surface area contributed by atoms with E-state index in [1.807, 2.05) is 60.7 Å². The number of nitrogens with zero attached hydrogens (tertiary/aromatic N) is 3. The summed E-state index contributed by atoms with van der Waals surface area (Å²) >= 11 is 0. The zero-order valence-electron chi connectivity index (χ0n) is 10.2. The fourth-order valence-electron chi connectivity index (χ4n) is 2.05. The summed E-state index contributed by atoms with van der Waals surface area (Å²) in [5.41, 5.74) is 13.1. The highest BCUT2D eigenvalue weighted by atomic mass is 14.9. The van der Waals surface area contributed by atoms with Crippen molar-refractivity contribution in [3.05, 3.63) is 83.4 Å². The Bertz CT molecular complexity index is 706. The Hall–Kier alpha value is -2.77. The summed E-state index contributed by atoms with van der Waals surface area (Å²) in [5.74, 6) is 0. The lowest BCUT2D eigenvalue weighted by molar-refractivity contribution is 0.000415. The van der Waals surface area contributed by atoms with Crippen molar-refractivity contribution < 1.29 is 4.79 Å². The van der Waals surface area contributed by atoms with Crippen molar-refractivity contribution in [1.82, 2.24) is 0 Å². The van der Waals surface area contributed by atoms with E-state index in [9.17, 15) is 0 Å². The zero-order chi connectivity index (χ0) is 13.1. The monoisotopic (exact) mass is 245 g/mol. The van der Waals surface area contributed by atoms with Gasteiger partial charge in [0.05, 0.1) is 11.8 Å². The first-order valence-electron chi connectivity index (χ1n) is 6.02. The first kappa shape index (κ1) is 11.3. The fraction of sp³-hybridized carbons (Fsp3) is 0. The normalized spacial score (nSPS) is 13.8. The molecule has 0 amide bonds. The van der Waals surface area contributed by atoms with E-state index in [0.29, 0.717) is 11.4 Å². The number of allylic oxidation sites excluding steroid dienone is 1. The van der Waals surface area contributed by atoms with Gasteiger partial charge < -0.3 is 5.53 Å². The number of hydrogen-bond acceptors (Lipinski definition) is 1. The molecule has 0 bridgehead atoms. The van der Waals surface area contributed by atoms with Crippen molar-refractivity contribution >= 4 is 17.1 Å². The number of aliphatic imine (C=N–C) groups is 1. The summed E-state index contributed by atoms with van der Waals surface area (Å²) in [5, 5.41) is 0. The summed E-state index contributed by atoms with van der Waals surface area (Å²) in [6.07, 6.45) is 1.79. The molecule has 2 aromatic carbocycles. The van der Waals surface area contributed by atoms with E-state index < -0.39 is 0 Å². The third-order valence-electron chi connectivity index (χ3n) is 2.97. The molecule has 0 fully saturated rings. The van der Waals surface area contributed by atoms with Crippen LogP contribution in [0.5, 0.6) is 0 Å². The van der Waals surface area contributed by atoms with E-state index in [1.54, 1.807) is 6.08 Å². The molecule has 3 heteroatoms. The van der Waals surface area contributed by atoms with E-state index in [2.05, 4.69) is 9.78 Å². The Morgan fingerprint density at radius 3 is 1.95 bits per heavy atom. The van der Waals surface area contributed by atoms with Crippen molar-refractivity contribution in [3.8, 4) is 0 Å². The molecule has 1 aliphatic rings. The van der Waals surface area contributed by atoms with Crippen LogP contribution in [-0.2, 0) is 0 Å². The van der Waals surface area contributed by atoms with Gasteiger partial charge in [-0.15, -0.1) is 0 Å². The van der Waals surface area contributed by atoms with Gasteiger partial charge in [0.2, 0.25) is 0 Å². The van der Waals surface area contributed by atoms with E-state index in [1.165, 1.54) is 0 Å². The quantitative estimate of drug-likeness (QED) is 0.576. The number of hydrogen-bond donors (Lipinski definition) is 0. The highest BCUT2D eigenvalue weighted by Gasteiger charge is 2.24. The maximum Gasteiger partial charge on any atom is 0.343 e. The first-order valence-corrected chi connectivity index (χ1v) is 6.02. The first-order chi connectivity index (χ1) is 9.38. The number of benzene rings is 2. The van der Waals surface area contributed by atoms with Gasteiger partial charge in [-0.3, -0.25) is 0 Å². The largest absolute Gasteiger partial charge is 0.361 e. The van der Waals surface area contributed by atoms with Gasteiger partial charge in [-0.25, -0.2) is 4.99 Å². The van der Waals surface area contributed by atoms with Crippen LogP contribution in [0.15, 0.2) is 71.7 Å². The maximum absolute atomic E-state index is 9.12. The molecule has 0 saturated carbocycles. The van der Waals surface area contributed by atoms with Crippen LogP contribution in [0.4, 0.5) is 0 Å². The molecule has 1 heterocycles. The summed E-state index contributed by atoms with van der Waals surface area (Å²) in [6, 6.07) is 19.6. The molecule has 2 aromatic rings. The molecule has 0 aliphatic carbocycles.